The Morgan fingerprint density at radius 2 is 1.92 bits per heavy atom. The zero-order valence-corrected chi connectivity index (χ0v) is 24.5. The summed E-state index contributed by atoms with van der Waals surface area (Å²) >= 11 is 0. The molecule has 1 aromatic carbocycles. The van der Waals surface area contributed by atoms with Crippen LogP contribution in [0.25, 0.3) is 0 Å². The van der Waals surface area contributed by atoms with Gasteiger partial charge in [0.2, 0.25) is 10.0 Å². The number of benzene rings is 1. The van der Waals surface area contributed by atoms with Gasteiger partial charge in [0.05, 0.1) is 48.6 Å². The van der Waals surface area contributed by atoms with Crippen molar-refractivity contribution in [3.63, 3.8) is 0 Å². The number of anilines is 1. The third kappa shape index (κ3) is 8.63. The van der Waals surface area contributed by atoms with Gasteiger partial charge in [-0.3, -0.25) is 9.78 Å². The van der Waals surface area contributed by atoms with Gasteiger partial charge in [0.15, 0.2) is 0 Å². The summed E-state index contributed by atoms with van der Waals surface area (Å²) in [7, 11) is -2.50. The summed E-state index contributed by atoms with van der Waals surface area (Å²) in [4.78, 5) is 24.5. The predicted molar refractivity (Wildman–Crippen MR) is 154 cm³/mol. The number of hydrogen-bond acceptors (Lipinski definition) is 8. The Labute approximate surface area is 232 Å². The number of oxime groups is 1. The van der Waals surface area contributed by atoms with E-state index in [0.29, 0.717) is 6.54 Å². The van der Waals surface area contributed by atoms with E-state index in [-0.39, 0.29) is 29.3 Å². The van der Waals surface area contributed by atoms with Gasteiger partial charge in [-0.2, -0.15) is 0 Å². The molecule has 0 amide bonds. The molecule has 212 valence electrons. The minimum absolute atomic E-state index is 0.0914. The van der Waals surface area contributed by atoms with Crippen molar-refractivity contribution in [2.24, 2.45) is 11.1 Å². The maximum atomic E-state index is 13.1. The van der Waals surface area contributed by atoms with E-state index in [1.807, 2.05) is 27.7 Å². The zero-order chi connectivity index (χ0) is 28.6. The lowest BCUT2D eigenvalue weighted by Crippen LogP contribution is -2.40. The van der Waals surface area contributed by atoms with Crippen LogP contribution in [0.1, 0.15) is 49.2 Å². The van der Waals surface area contributed by atoms with E-state index in [2.05, 4.69) is 32.5 Å². The molecule has 0 fully saturated rings. The minimum atomic E-state index is -3.82. The smallest absolute Gasteiger partial charge is 0.309 e. The van der Waals surface area contributed by atoms with Crippen molar-refractivity contribution in [3.05, 3.63) is 65.0 Å². The molecule has 1 N–H and O–H groups in total. The van der Waals surface area contributed by atoms with Crippen LogP contribution < -0.4 is 9.62 Å². The number of aromatic nitrogens is 1. The number of carbonyl (C=O) groups is 1. The molecule has 0 saturated heterocycles. The second-order valence-corrected chi connectivity index (χ2v) is 11.8. The molecule has 1 aromatic heterocycles. The van der Waals surface area contributed by atoms with E-state index in [4.69, 9.17) is 9.82 Å². The molecule has 1 aliphatic rings. The number of pyridine rings is 1. The number of sulfonamides is 1. The Balaban J connectivity index is 1.71. The van der Waals surface area contributed by atoms with Gasteiger partial charge in [0.1, 0.15) is 6.10 Å². The van der Waals surface area contributed by atoms with Crippen LogP contribution >= 0.6 is 0 Å². The van der Waals surface area contributed by atoms with Crippen molar-refractivity contribution in [2.75, 3.05) is 25.1 Å². The first-order valence-electron chi connectivity index (χ1n) is 13.2. The normalized spacial score (nSPS) is 16.2. The van der Waals surface area contributed by atoms with E-state index >= 15 is 0 Å². The maximum Gasteiger partial charge on any atom is 0.309 e. The quantitative estimate of drug-likeness (QED) is 0.180. The molecule has 0 saturated carbocycles. The number of nitrogens with zero attached hydrogens (tertiary/aromatic N) is 3. The number of rotatable bonds is 12. The van der Waals surface area contributed by atoms with Crippen LogP contribution in [0, 0.1) is 26.7 Å². The summed E-state index contributed by atoms with van der Waals surface area (Å²) in [5, 5.41) is 4.18. The summed E-state index contributed by atoms with van der Waals surface area (Å²) in [5.41, 5.74) is 5.42. The van der Waals surface area contributed by atoms with E-state index in [1.54, 1.807) is 36.4 Å². The Kier molecular flexibility index (Phi) is 10.7. The summed E-state index contributed by atoms with van der Waals surface area (Å²) in [5.74, 6) is -0.690. The molecule has 10 heteroatoms. The van der Waals surface area contributed by atoms with Crippen LogP contribution in [-0.4, -0.2) is 57.9 Å². The summed E-state index contributed by atoms with van der Waals surface area (Å²) in [6.45, 7) is 11.3. The minimum Gasteiger partial charge on any atom is -0.469 e. The van der Waals surface area contributed by atoms with Crippen molar-refractivity contribution >= 4 is 27.9 Å². The Bertz CT molecular complexity index is 1290. The molecule has 3 atom stereocenters. The molecular formula is C29H40N4O5S. The third-order valence-corrected chi connectivity index (χ3v) is 8.26. The van der Waals surface area contributed by atoms with Crippen LogP contribution in [0.15, 0.2) is 52.5 Å². The number of carbonyl (C=O) groups excluding carboxylic acids is 1. The fourth-order valence-electron chi connectivity index (χ4n) is 4.31. The van der Waals surface area contributed by atoms with Crippen molar-refractivity contribution in [1.29, 1.82) is 0 Å². The van der Waals surface area contributed by atoms with E-state index in [0.717, 1.165) is 47.6 Å². The van der Waals surface area contributed by atoms with Crippen LogP contribution in [0.4, 0.5) is 5.69 Å². The molecule has 2 aromatic rings. The highest BCUT2D eigenvalue weighted by atomic mass is 32.2. The SMILES string of the molecule is COC(=O)C/C=C/[C@@H](C)[C@@H](/C=N/O[C@H](C)CN1CCCc2nc(C)c(C)cc21)NS(=O)(=O)c1ccc(C)cc1. The third-order valence-electron chi connectivity index (χ3n) is 6.79. The Morgan fingerprint density at radius 1 is 1.21 bits per heavy atom. The van der Waals surface area contributed by atoms with E-state index < -0.39 is 16.1 Å². The van der Waals surface area contributed by atoms with Gasteiger partial charge in [-0.15, -0.1) is 0 Å². The van der Waals surface area contributed by atoms with Gasteiger partial charge in [-0.25, -0.2) is 13.1 Å². The topological polar surface area (TPSA) is 110 Å². The average Bonchev–Trinajstić information content (AvgIpc) is 2.89. The number of hydrogen-bond donors (Lipinski definition) is 1. The standard InChI is InChI=1S/C29H40N4O5S/c1-20-12-14-25(15-13-20)39(35,36)32-27(21(2)9-7-11-29(34)37-6)18-30-38-23(4)19-33-16-8-10-26-28(33)17-22(3)24(5)31-26/h7,9,12-15,17-18,21,23,27,32H,8,10-11,16,19H2,1-6H3/b9-7+,30-18+/t21-,23-,27-/m1/s1. The van der Waals surface area contributed by atoms with Gasteiger partial charge >= 0.3 is 5.97 Å². The van der Waals surface area contributed by atoms with Gasteiger partial charge < -0.3 is 14.5 Å². The number of esters is 1. The molecule has 0 unspecified atom stereocenters. The summed E-state index contributed by atoms with van der Waals surface area (Å²) in [6.07, 6.45) is 6.72. The van der Waals surface area contributed by atoms with Crippen molar-refractivity contribution in [1.82, 2.24) is 9.71 Å². The fraction of sp³-hybridized carbons (Fsp3) is 0.483. The van der Waals surface area contributed by atoms with Gasteiger partial charge in [0.25, 0.3) is 0 Å². The highest BCUT2D eigenvalue weighted by Crippen LogP contribution is 2.28. The largest absolute Gasteiger partial charge is 0.469 e. The van der Waals surface area contributed by atoms with Crippen molar-refractivity contribution in [3.8, 4) is 0 Å². The lowest BCUT2D eigenvalue weighted by molar-refractivity contribution is -0.139. The van der Waals surface area contributed by atoms with Crippen molar-refractivity contribution in [2.45, 2.75) is 70.9 Å². The van der Waals surface area contributed by atoms with E-state index in [1.165, 1.54) is 13.3 Å². The van der Waals surface area contributed by atoms with Crippen molar-refractivity contribution < 1.29 is 22.8 Å². The molecule has 9 nitrogen and oxygen atoms in total. The fourth-order valence-corrected chi connectivity index (χ4v) is 5.58. The number of aryl methyl sites for hydroxylation is 4. The number of methoxy groups -OCH3 is 1. The number of ether oxygens (including phenoxy) is 1. The Hall–Kier alpha value is -3.24. The predicted octanol–water partition coefficient (Wildman–Crippen LogP) is 4.25. The molecule has 3 rings (SSSR count). The molecule has 39 heavy (non-hydrogen) atoms. The van der Waals surface area contributed by atoms with E-state index in [9.17, 15) is 13.2 Å². The monoisotopic (exact) mass is 556 g/mol. The number of fused-ring (bicyclic) bond motifs is 1. The highest BCUT2D eigenvalue weighted by Gasteiger charge is 2.24. The lowest BCUT2D eigenvalue weighted by atomic mass is 10.0. The summed E-state index contributed by atoms with van der Waals surface area (Å²) < 4.78 is 33.6. The first-order valence-corrected chi connectivity index (χ1v) is 14.7. The first kappa shape index (κ1) is 30.3. The second-order valence-electron chi connectivity index (χ2n) is 10.1. The van der Waals surface area contributed by atoms with Crippen LogP contribution in [0.2, 0.25) is 0 Å². The molecule has 0 aliphatic carbocycles. The van der Waals surface area contributed by atoms with Crippen LogP contribution in [0.5, 0.6) is 0 Å². The molecule has 1 aliphatic heterocycles. The maximum absolute atomic E-state index is 13.1. The molecule has 0 bridgehead atoms. The van der Waals surface area contributed by atoms with Gasteiger partial charge in [-0.05, 0) is 70.2 Å². The zero-order valence-electron chi connectivity index (χ0n) is 23.7. The van der Waals surface area contributed by atoms with Crippen LogP contribution in [0.3, 0.4) is 0 Å². The Morgan fingerprint density at radius 3 is 2.62 bits per heavy atom. The molecule has 2 heterocycles. The molecular weight excluding hydrogens is 516 g/mol. The van der Waals surface area contributed by atoms with Gasteiger partial charge in [0, 0.05) is 12.2 Å². The molecule has 0 spiro atoms. The first-order chi connectivity index (χ1) is 18.5. The average molecular weight is 557 g/mol. The molecule has 0 radical (unpaired) electrons. The lowest BCUT2D eigenvalue weighted by Gasteiger charge is -2.32. The summed E-state index contributed by atoms with van der Waals surface area (Å²) in [6, 6.07) is 8.11. The number of nitrogens with one attached hydrogen (secondary N) is 1. The second kappa shape index (κ2) is 13.7. The van der Waals surface area contributed by atoms with Crippen LogP contribution in [-0.2, 0) is 30.8 Å². The highest BCUT2D eigenvalue weighted by molar-refractivity contribution is 7.89. The van der Waals surface area contributed by atoms with Gasteiger partial charge in [-0.1, -0.05) is 41.9 Å².